The van der Waals surface area contributed by atoms with Crippen LogP contribution in [0.15, 0.2) is 89.5 Å². The molecule has 0 fully saturated rings. The van der Waals surface area contributed by atoms with Crippen LogP contribution in [-0.4, -0.2) is 49.6 Å². The van der Waals surface area contributed by atoms with Crippen LogP contribution in [0.3, 0.4) is 0 Å². The number of hydrogen-bond donors (Lipinski definition) is 4. The van der Waals surface area contributed by atoms with Gasteiger partial charge < -0.3 is 14.6 Å². The number of H-pyrrole nitrogens is 3. The smallest absolute Gasteiger partial charge is 0.314 e. The number of benzene rings is 3. The molecular formula is C28H24N10O11S. The van der Waals surface area contributed by atoms with Gasteiger partial charge in [-0.25, -0.2) is 4.68 Å². The second-order valence-electron chi connectivity index (χ2n) is 10.4. The summed E-state index contributed by atoms with van der Waals surface area (Å²) in [6, 6.07) is 11.3. The summed E-state index contributed by atoms with van der Waals surface area (Å²) in [5.41, 5.74) is -1.76. The van der Waals surface area contributed by atoms with E-state index in [0.717, 1.165) is 17.7 Å². The summed E-state index contributed by atoms with van der Waals surface area (Å²) in [7, 11) is -5.02. The molecule has 0 amide bonds. The van der Waals surface area contributed by atoms with Crippen LogP contribution in [0.25, 0.3) is 5.69 Å². The minimum absolute atomic E-state index is 0.0848. The second kappa shape index (κ2) is 13.7. The number of aromatic amines is 3. The number of ether oxygens (including phenoxy) is 2. The summed E-state index contributed by atoms with van der Waals surface area (Å²) >= 11 is 0. The van der Waals surface area contributed by atoms with Gasteiger partial charge in [0.15, 0.2) is 17.1 Å². The molecule has 0 aliphatic rings. The Morgan fingerprint density at radius 3 is 2.12 bits per heavy atom. The fourth-order valence-electron chi connectivity index (χ4n) is 4.35. The van der Waals surface area contributed by atoms with Gasteiger partial charge in [-0.15, -0.1) is 20.5 Å². The zero-order valence-corrected chi connectivity index (χ0v) is 26.8. The number of azo groups is 2. The number of aryl methyl sites for hydroxylation is 3. The molecule has 0 atom stereocenters. The number of nitrogens with one attached hydrogen (secondary N) is 3. The highest BCUT2D eigenvalue weighted by Gasteiger charge is 2.27. The predicted octanol–water partition coefficient (Wildman–Crippen LogP) is 5.42. The fourth-order valence-corrected chi connectivity index (χ4v) is 4.87. The molecule has 0 bridgehead atoms. The van der Waals surface area contributed by atoms with Crippen molar-refractivity contribution >= 4 is 44.2 Å². The molecule has 0 saturated heterocycles. The van der Waals surface area contributed by atoms with Crippen molar-refractivity contribution in [3.8, 4) is 17.2 Å². The Morgan fingerprint density at radius 1 is 0.820 bits per heavy atom. The minimum Gasteiger partial charge on any atom is -0.455 e. The van der Waals surface area contributed by atoms with E-state index in [1.165, 1.54) is 17.7 Å². The van der Waals surface area contributed by atoms with Crippen molar-refractivity contribution in [1.29, 1.82) is 0 Å². The Labute approximate surface area is 279 Å². The van der Waals surface area contributed by atoms with Crippen LogP contribution in [0.2, 0.25) is 0 Å². The molecular weight excluding hydrogens is 684 g/mol. The number of non-ortho nitro benzene ring substituents is 1. The lowest BCUT2D eigenvalue weighted by molar-refractivity contribution is -0.386. The molecule has 5 rings (SSSR count). The summed E-state index contributed by atoms with van der Waals surface area (Å²) in [5.74, 6) is -1.01. The summed E-state index contributed by atoms with van der Waals surface area (Å²) in [4.78, 5) is 45.9. The third kappa shape index (κ3) is 7.34. The monoisotopic (exact) mass is 708 g/mol. The Bertz CT molecular complexity index is 2420. The largest absolute Gasteiger partial charge is 0.455 e. The van der Waals surface area contributed by atoms with E-state index >= 15 is 0 Å². The van der Waals surface area contributed by atoms with Crippen molar-refractivity contribution in [3.05, 3.63) is 112 Å². The standard InChI is InChI=1S/C28H24N10O11S/c1-14-4-6-17(7-5-14)36-28(40)25(16(3)35-36)33-31-21-11-19(50(45,46)47)12-22(38(43)44)26(21)49-13-48-23-10-18(37(41)42)8-9-20(23)30-32-24-15(2)29-34-27(24)39/h4-12,35H,13H2,1-3H3,(H2,29,34,39)(H,45,46,47). The highest BCUT2D eigenvalue weighted by molar-refractivity contribution is 7.85. The van der Waals surface area contributed by atoms with Crippen LogP contribution in [0.5, 0.6) is 11.5 Å². The highest BCUT2D eigenvalue weighted by Crippen LogP contribution is 2.41. The number of nitrogens with zero attached hydrogens (tertiary/aromatic N) is 7. The molecule has 0 radical (unpaired) electrons. The van der Waals surface area contributed by atoms with Crippen LogP contribution >= 0.6 is 0 Å². The van der Waals surface area contributed by atoms with Gasteiger partial charge >= 0.3 is 5.69 Å². The van der Waals surface area contributed by atoms with Crippen molar-refractivity contribution in [2.75, 3.05) is 6.79 Å². The maximum atomic E-state index is 13.2. The summed E-state index contributed by atoms with van der Waals surface area (Å²) in [6.45, 7) is 3.99. The molecule has 5 aromatic rings. The molecule has 21 nitrogen and oxygen atoms in total. The first kappa shape index (κ1) is 34.5. The van der Waals surface area contributed by atoms with E-state index < -0.39 is 65.6 Å². The SMILES string of the molecule is Cc1ccc(-n2[nH]c(C)c(N=Nc3cc(S(=O)(=O)O)cc([N+](=O)[O-])c3OCOc3cc([N+](=O)[O-])ccc3N=Nc3c(C)[nH][nH]c3=O)c2=O)cc1. The van der Waals surface area contributed by atoms with Crippen LogP contribution in [0.1, 0.15) is 17.0 Å². The van der Waals surface area contributed by atoms with Crippen LogP contribution < -0.4 is 20.6 Å². The van der Waals surface area contributed by atoms with Gasteiger partial charge in [-0.1, -0.05) is 17.7 Å². The molecule has 0 saturated carbocycles. The summed E-state index contributed by atoms with van der Waals surface area (Å²) in [5, 5.41) is 46.7. The molecule has 0 spiro atoms. The molecule has 50 heavy (non-hydrogen) atoms. The zero-order chi connectivity index (χ0) is 36.3. The first-order valence-electron chi connectivity index (χ1n) is 14.0. The third-order valence-electron chi connectivity index (χ3n) is 6.87. The van der Waals surface area contributed by atoms with E-state index in [-0.39, 0.29) is 28.5 Å². The van der Waals surface area contributed by atoms with Crippen molar-refractivity contribution in [2.45, 2.75) is 25.7 Å². The molecule has 2 aromatic heterocycles. The van der Waals surface area contributed by atoms with Gasteiger partial charge in [-0.3, -0.25) is 44.6 Å². The lowest BCUT2D eigenvalue weighted by Gasteiger charge is -2.12. The van der Waals surface area contributed by atoms with E-state index in [0.29, 0.717) is 23.5 Å². The number of hydrogen-bond acceptors (Lipinski definition) is 14. The second-order valence-corrected chi connectivity index (χ2v) is 11.8. The molecule has 4 N–H and O–H groups in total. The van der Waals surface area contributed by atoms with Gasteiger partial charge in [0.25, 0.3) is 26.9 Å². The molecule has 3 aromatic carbocycles. The van der Waals surface area contributed by atoms with Crippen molar-refractivity contribution in [3.63, 3.8) is 0 Å². The van der Waals surface area contributed by atoms with Gasteiger partial charge in [-0.05, 0) is 45.0 Å². The summed E-state index contributed by atoms with van der Waals surface area (Å²) in [6.07, 6.45) is 0. The van der Waals surface area contributed by atoms with Crippen LogP contribution in [0.4, 0.5) is 34.1 Å². The molecule has 0 unspecified atom stereocenters. The number of rotatable bonds is 12. The zero-order valence-electron chi connectivity index (χ0n) is 26.0. The van der Waals surface area contributed by atoms with Crippen molar-refractivity contribution in [1.82, 2.24) is 20.0 Å². The van der Waals surface area contributed by atoms with Gasteiger partial charge in [0.1, 0.15) is 16.3 Å². The van der Waals surface area contributed by atoms with E-state index in [1.807, 2.05) is 6.92 Å². The van der Waals surface area contributed by atoms with E-state index in [4.69, 9.17) is 9.47 Å². The third-order valence-corrected chi connectivity index (χ3v) is 7.70. The Morgan fingerprint density at radius 2 is 1.50 bits per heavy atom. The number of nitro benzene ring substituents is 2. The van der Waals surface area contributed by atoms with Gasteiger partial charge in [-0.2, -0.15) is 8.42 Å². The Balaban J connectivity index is 1.52. The fraction of sp³-hybridized carbons (Fsp3) is 0.143. The van der Waals surface area contributed by atoms with Gasteiger partial charge in [0.05, 0.1) is 33.0 Å². The molecule has 258 valence electrons. The number of aromatic nitrogens is 4. The first-order valence-corrected chi connectivity index (χ1v) is 15.4. The summed E-state index contributed by atoms with van der Waals surface area (Å²) < 4.78 is 45.8. The lowest BCUT2D eigenvalue weighted by atomic mass is 10.2. The van der Waals surface area contributed by atoms with E-state index in [1.54, 1.807) is 31.2 Å². The average molecular weight is 709 g/mol. The normalized spacial score (nSPS) is 11.8. The van der Waals surface area contributed by atoms with Crippen LogP contribution in [0, 0.1) is 41.0 Å². The van der Waals surface area contributed by atoms with Crippen molar-refractivity contribution < 1.29 is 32.3 Å². The minimum atomic E-state index is -5.02. The molecule has 0 aliphatic carbocycles. The Kier molecular flexibility index (Phi) is 9.48. The van der Waals surface area contributed by atoms with E-state index in [2.05, 4.69) is 35.8 Å². The molecule has 0 aliphatic heterocycles. The van der Waals surface area contributed by atoms with Gasteiger partial charge in [0.2, 0.25) is 12.5 Å². The first-order chi connectivity index (χ1) is 23.6. The highest BCUT2D eigenvalue weighted by atomic mass is 32.2. The maximum absolute atomic E-state index is 13.2. The molecule has 22 heteroatoms. The molecule has 2 heterocycles. The van der Waals surface area contributed by atoms with Gasteiger partial charge in [0, 0.05) is 12.1 Å². The van der Waals surface area contributed by atoms with Crippen molar-refractivity contribution in [2.24, 2.45) is 20.5 Å². The Hall–Kier alpha value is -6.81. The average Bonchev–Trinajstić information content (AvgIpc) is 3.53. The topological polar surface area (TPSA) is 295 Å². The van der Waals surface area contributed by atoms with E-state index in [9.17, 15) is 42.8 Å². The maximum Gasteiger partial charge on any atom is 0.314 e. The number of nitro groups is 2. The quantitative estimate of drug-likeness (QED) is 0.0417. The van der Waals surface area contributed by atoms with Crippen LogP contribution in [-0.2, 0) is 10.1 Å². The lowest BCUT2D eigenvalue weighted by Crippen LogP contribution is -2.13. The predicted molar refractivity (Wildman–Crippen MR) is 172 cm³/mol.